The predicted octanol–water partition coefficient (Wildman–Crippen LogP) is 3.38. The first-order chi connectivity index (χ1) is 7.36. The second-order valence-corrected chi connectivity index (χ2v) is 5.42. The Morgan fingerprint density at radius 1 is 0.933 bits per heavy atom. The Labute approximate surface area is 105 Å². The lowest BCUT2D eigenvalue weighted by Gasteiger charge is -2.51. The van der Waals surface area contributed by atoms with E-state index in [1.165, 1.54) is 31.4 Å². The third-order valence-electron chi connectivity index (χ3n) is 3.54. The van der Waals surface area contributed by atoms with Crippen LogP contribution in [0.2, 0.25) is 0 Å². The van der Waals surface area contributed by atoms with Crippen LogP contribution in [0.5, 0.6) is 0 Å². The molecule has 2 nitrogen and oxygen atoms in total. The van der Waals surface area contributed by atoms with Crippen molar-refractivity contribution in [1.82, 2.24) is 3.22 Å². The normalized spacial score (nSPS) is 30.9. The molecule has 15 heavy (non-hydrogen) atoms. The summed E-state index contributed by atoms with van der Waals surface area (Å²) in [6.07, 6.45) is 5.46. The molecule has 0 aromatic heterocycles. The zero-order valence-corrected chi connectivity index (χ0v) is 10.8. The fourth-order valence-electron chi connectivity index (χ4n) is 2.75. The largest absolute Gasteiger partial charge is 0.294 e. The molecule has 3 aliphatic rings. The van der Waals surface area contributed by atoms with Gasteiger partial charge in [0.25, 0.3) is 0 Å². The SMILES string of the molecule is IN1C2CCC(CC2)N1c1ccccc1. The maximum absolute atomic E-state index is 2.48. The quantitative estimate of drug-likeness (QED) is 0.579. The van der Waals surface area contributed by atoms with E-state index >= 15 is 0 Å². The van der Waals surface area contributed by atoms with Gasteiger partial charge in [-0.2, -0.15) is 3.22 Å². The van der Waals surface area contributed by atoms with Crippen LogP contribution in [0.1, 0.15) is 25.7 Å². The summed E-state index contributed by atoms with van der Waals surface area (Å²) in [6, 6.07) is 12.3. The summed E-state index contributed by atoms with van der Waals surface area (Å²) >= 11 is 2.47. The highest BCUT2D eigenvalue weighted by molar-refractivity contribution is 14.1. The van der Waals surface area contributed by atoms with Gasteiger partial charge in [0.2, 0.25) is 0 Å². The van der Waals surface area contributed by atoms with Gasteiger partial charge < -0.3 is 0 Å². The second kappa shape index (κ2) is 3.94. The number of nitrogens with zero attached hydrogens (tertiary/aromatic N) is 2. The first-order valence-electron chi connectivity index (χ1n) is 5.65. The van der Waals surface area contributed by atoms with Crippen LogP contribution >= 0.6 is 22.9 Å². The van der Waals surface area contributed by atoms with Crippen LogP contribution in [-0.4, -0.2) is 15.3 Å². The molecule has 2 aliphatic heterocycles. The number of benzene rings is 1. The molecule has 1 aliphatic carbocycles. The van der Waals surface area contributed by atoms with E-state index in [4.69, 9.17) is 0 Å². The van der Waals surface area contributed by atoms with Gasteiger partial charge in [-0.15, -0.1) is 0 Å². The van der Waals surface area contributed by atoms with Crippen LogP contribution in [0.15, 0.2) is 30.3 Å². The molecule has 2 heterocycles. The maximum atomic E-state index is 2.48. The Hall–Kier alpha value is -0.290. The maximum Gasteiger partial charge on any atom is 0.0533 e. The summed E-state index contributed by atoms with van der Waals surface area (Å²) in [7, 11) is 0. The Balaban J connectivity index is 1.92. The van der Waals surface area contributed by atoms with Gasteiger partial charge in [0.15, 0.2) is 0 Å². The van der Waals surface area contributed by atoms with Gasteiger partial charge in [-0.3, -0.25) is 5.01 Å². The van der Waals surface area contributed by atoms with Gasteiger partial charge in [-0.05, 0) is 37.8 Å². The molecule has 80 valence electrons. The van der Waals surface area contributed by atoms with Crippen LogP contribution in [0.25, 0.3) is 0 Å². The Morgan fingerprint density at radius 2 is 1.53 bits per heavy atom. The van der Waals surface area contributed by atoms with Crippen molar-refractivity contribution in [2.75, 3.05) is 5.01 Å². The van der Waals surface area contributed by atoms with Gasteiger partial charge in [0.1, 0.15) is 0 Å². The molecule has 2 bridgehead atoms. The number of hydrogen-bond donors (Lipinski definition) is 0. The Kier molecular flexibility index (Phi) is 2.60. The summed E-state index contributed by atoms with van der Waals surface area (Å²) in [5, 5.41) is 2.48. The Bertz CT molecular complexity index is 331. The summed E-state index contributed by atoms with van der Waals surface area (Å²) in [6.45, 7) is 0. The minimum Gasteiger partial charge on any atom is -0.294 e. The fraction of sp³-hybridized carbons (Fsp3) is 0.500. The third kappa shape index (κ3) is 1.65. The lowest BCUT2D eigenvalue weighted by molar-refractivity contribution is 0.163. The average Bonchev–Trinajstić information content (AvgIpc) is 2.31. The molecule has 1 aromatic carbocycles. The van der Waals surface area contributed by atoms with Gasteiger partial charge in [0.05, 0.1) is 5.69 Å². The average molecular weight is 314 g/mol. The van der Waals surface area contributed by atoms with E-state index in [0.29, 0.717) is 0 Å². The summed E-state index contributed by atoms with van der Waals surface area (Å²) in [5.41, 5.74) is 1.35. The van der Waals surface area contributed by atoms with Crippen molar-refractivity contribution in [2.45, 2.75) is 37.8 Å². The number of hydrazine groups is 1. The molecule has 0 unspecified atom stereocenters. The molecule has 0 radical (unpaired) electrons. The van der Waals surface area contributed by atoms with Crippen molar-refractivity contribution in [3.8, 4) is 0 Å². The molecule has 3 fully saturated rings. The van der Waals surface area contributed by atoms with E-state index in [0.717, 1.165) is 12.1 Å². The van der Waals surface area contributed by atoms with Crippen LogP contribution in [0, 0.1) is 0 Å². The van der Waals surface area contributed by atoms with E-state index in [-0.39, 0.29) is 0 Å². The second-order valence-electron chi connectivity index (χ2n) is 4.43. The van der Waals surface area contributed by atoms with Gasteiger partial charge in [0, 0.05) is 34.9 Å². The number of halogens is 1. The summed E-state index contributed by atoms with van der Waals surface area (Å²) in [5.74, 6) is 0. The molecule has 1 aromatic rings. The monoisotopic (exact) mass is 314 g/mol. The van der Waals surface area contributed by atoms with Crippen LogP contribution in [-0.2, 0) is 0 Å². The highest BCUT2D eigenvalue weighted by atomic mass is 127. The van der Waals surface area contributed by atoms with E-state index in [1.807, 2.05) is 0 Å². The van der Waals surface area contributed by atoms with E-state index < -0.39 is 0 Å². The van der Waals surface area contributed by atoms with Gasteiger partial charge >= 0.3 is 0 Å². The lowest BCUT2D eigenvalue weighted by Crippen LogP contribution is -2.57. The molecular weight excluding hydrogens is 299 g/mol. The van der Waals surface area contributed by atoms with Crippen molar-refractivity contribution in [2.24, 2.45) is 0 Å². The van der Waals surface area contributed by atoms with Gasteiger partial charge in [-0.25, -0.2) is 0 Å². The minimum atomic E-state index is 0.731. The van der Waals surface area contributed by atoms with Crippen molar-refractivity contribution < 1.29 is 0 Å². The Morgan fingerprint density at radius 3 is 2.13 bits per heavy atom. The molecule has 0 amide bonds. The number of fused-ring (bicyclic) bond motifs is 3. The first-order valence-corrected chi connectivity index (χ1v) is 6.62. The van der Waals surface area contributed by atoms with E-state index in [9.17, 15) is 0 Å². The summed E-state index contributed by atoms with van der Waals surface area (Å²) < 4.78 is 2.42. The highest BCUT2D eigenvalue weighted by Gasteiger charge is 2.39. The smallest absolute Gasteiger partial charge is 0.0533 e. The van der Waals surface area contributed by atoms with E-state index in [1.54, 1.807) is 0 Å². The van der Waals surface area contributed by atoms with Crippen molar-refractivity contribution >= 4 is 28.6 Å². The molecule has 2 saturated heterocycles. The third-order valence-corrected chi connectivity index (χ3v) is 4.79. The molecule has 4 rings (SSSR count). The molecule has 0 spiro atoms. The zero-order valence-electron chi connectivity index (χ0n) is 8.64. The number of rotatable bonds is 1. The minimum absolute atomic E-state index is 0.731. The topological polar surface area (TPSA) is 6.48 Å². The highest BCUT2D eigenvalue weighted by Crippen LogP contribution is 2.40. The predicted molar refractivity (Wildman–Crippen MR) is 70.8 cm³/mol. The van der Waals surface area contributed by atoms with E-state index in [2.05, 4.69) is 61.4 Å². The molecule has 0 atom stereocenters. The molecule has 0 N–H and O–H groups in total. The van der Waals surface area contributed by atoms with Crippen LogP contribution in [0.4, 0.5) is 5.69 Å². The van der Waals surface area contributed by atoms with Crippen molar-refractivity contribution in [3.63, 3.8) is 0 Å². The van der Waals surface area contributed by atoms with Crippen LogP contribution < -0.4 is 5.01 Å². The summed E-state index contributed by atoms with van der Waals surface area (Å²) in [4.78, 5) is 0. The van der Waals surface area contributed by atoms with Crippen molar-refractivity contribution in [3.05, 3.63) is 30.3 Å². The molecule has 3 heteroatoms. The van der Waals surface area contributed by atoms with Crippen molar-refractivity contribution in [1.29, 1.82) is 0 Å². The fourth-order valence-corrected chi connectivity index (χ4v) is 3.91. The zero-order chi connectivity index (χ0) is 10.3. The molecule has 1 saturated carbocycles. The number of para-hydroxylation sites is 1. The van der Waals surface area contributed by atoms with Gasteiger partial charge in [-0.1, -0.05) is 18.2 Å². The van der Waals surface area contributed by atoms with Crippen LogP contribution in [0.3, 0.4) is 0 Å². The number of hydrogen-bond acceptors (Lipinski definition) is 2. The molecular formula is C12H15IN2. The number of anilines is 1. The lowest BCUT2D eigenvalue weighted by atomic mass is 9.88. The first kappa shape index (κ1) is 9.90. The standard InChI is InChI=1S/C12H15IN2/c13-15-12-8-6-11(7-9-12)14(15)10-4-2-1-3-5-10/h1-5,11-12H,6-9H2.